The molecule has 1 aromatic rings. The first kappa shape index (κ1) is 15.9. The minimum Gasteiger partial charge on any atom is -0.494 e. The van der Waals surface area contributed by atoms with E-state index in [1.165, 1.54) is 25.3 Å². The summed E-state index contributed by atoms with van der Waals surface area (Å²) in [5.41, 5.74) is 6.09. The molecule has 7 nitrogen and oxygen atoms in total. The first-order chi connectivity index (χ1) is 9.47. The number of hydrogen-bond donors (Lipinski definition) is 2. The van der Waals surface area contributed by atoms with Gasteiger partial charge in [0.1, 0.15) is 5.75 Å². The van der Waals surface area contributed by atoms with Crippen LogP contribution in [0.5, 0.6) is 5.75 Å². The fourth-order valence-corrected chi connectivity index (χ4v) is 1.81. The van der Waals surface area contributed by atoms with Crippen molar-refractivity contribution in [1.29, 1.82) is 0 Å². The number of hydrogen-bond acceptors (Lipinski definition) is 5. The summed E-state index contributed by atoms with van der Waals surface area (Å²) in [5.74, 6) is 0.00900. The number of nitro groups is 1. The average molecular weight is 281 g/mol. The molecule has 1 atom stereocenters. The smallest absolute Gasteiger partial charge is 0.273 e. The van der Waals surface area contributed by atoms with Gasteiger partial charge >= 0.3 is 0 Å². The molecule has 1 unspecified atom stereocenters. The molecule has 0 aliphatic carbocycles. The number of methoxy groups -OCH3 is 1. The predicted molar refractivity (Wildman–Crippen MR) is 75.8 cm³/mol. The third-order valence-electron chi connectivity index (χ3n) is 2.78. The van der Waals surface area contributed by atoms with Gasteiger partial charge in [0.2, 0.25) is 5.91 Å². The summed E-state index contributed by atoms with van der Waals surface area (Å²) in [6, 6.07) is 3.83. The van der Waals surface area contributed by atoms with Gasteiger partial charge in [-0.2, -0.15) is 0 Å². The molecule has 1 amide bonds. The van der Waals surface area contributed by atoms with Gasteiger partial charge in [-0.25, -0.2) is 0 Å². The highest BCUT2D eigenvalue weighted by molar-refractivity contribution is 5.92. The molecular formula is C13H19N3O4. The number of nitro benzene ring substituents is 1. The maximum absolute atomic E-state index is 11.8. The van der Waals surface area contributed by atoms with Gasteiger partial charge in [0.25, 0.3) is 5.69 Å². The Hall–Kier alpha value is -2.15. The van der Waals surface area contributed by atoms with E-state index in [1.54, 1.807) is 0 Å². The monoisotopic (exact) mass is 281 g/mol. The van der Waals surface area contributed by atoms with E-state index < -0.39 is 4.92 Å². The quantitative estimate of drug-likeness (QED) is 0.587. The third kappa shape index (κ3) is 4.51. The first-order valence-electron chi connectivity index (χ1n) is 6.35. The normalized spacial score (nSPS) is 11.8. The Kier molecular flexibility index (Phi) is 5.92. The van der Waals surface area contributed by atoms with Crippen LogP contribution in [0.2, 0.25) is 0 Å². The minimum absolute atomic E-state index is 0.0949. The van der Waals surface area contributed by atoms with Crippen molar-refractivity contribution >= 4 is 17.3 Å². The zero-order valence-corrected chi connectivity index (χ0v) is 11.6. The van der Waals surface area contributed by atoms with E-state index in [0.717, 1.165) is 12.8 Å². The Balaban J connectivity index is 2.76. The van der Waals surface area contributed by atoms with E-state index in [9.17, 15) is 14.9 Å². The van der Waals surface area contributed by atoms with E-state index in [-0.39, 0.29) is 29.8 Å². The van der Waals surface area contributed by atoms with Crippen LogP contribution in [-0.2, 0) is 4.79 Å². The van der Waals surface area contributed by atoms with Crippen LogP contribution >= 0.6 is 0 Å². The topological polar surface area (TPSA) is 107 Å². The molecule has 3 N–H and O–H groups in total. The Labute approximate surface area is 117 Å². The van der Waals surface area contributed by atoms with Crippen LogP contribution in [0.4, 0.5) is 11.4 Å². The summed E-state index contributed by atoms with van der Waals surface area (Å²) in [6.07, 6.45) is 1.88. The number of carbonyl (C=O) groups is 1. The summed E-state index contributed by atoms with van der Waals surface area (Å²) in [5, 5.41) is 13.3. The van der Waals surface area contributed by atoms with E-state index in [0.29, 0.717) is 5.69 Å². The van der Waals surface area contributed by atoms with Crippen molar-refractivity contribution in [2.24, 2.45) is 5.73 Å². The highest BCUT2D eigenvalue weighted by Gasteiger charge is 2.14. The zero-order chi connectivity index (χ0) is 15.1. The lowest BCUT2D eigenvalue weighted by atomic mass is 10.1. The summed E-state index contributed by atoms with van der Waals surface area (Å²) in [4.78, 5) is 21.9. The average Bonchev–Trinajstić information content (AvgIpc) is 2.38. The van der Waals surface area contributed by atoms with Crippen molar-refractivity contribution in [3.8, 4) is 5.75 Å². The van der Waals surface area contributed by atoms with Crippen LogP contribution in [0.25, 0.3) is 0 Å². The lowest BCUT2D eigenvalue weighted by molar-refractivity contribution is -0.384. The van der Waals surface area contributed by atoms with Gasteiger partial charge in [0.05, 0.1) is 23.8 Å². The summed E-state index contributed by atoms with van der Waals surface area (Å²) < 4.78 is 5.04. The summed E-state index contributed by atoms with van der Waals surface area (Å²) in [6.45, 7) is 2.00. The van der Waals surface area contributed by atoms with Gasteiger partial charge in [-0.3, -0.25) is 14.9 Å². The lowest BCUT2D eigenvalue weighted by Gasteiger charge is -2.12. The van der Waals surface area contributed by atoms with Crippen molar-refractivity contribution in [3.63, 3.8) is 0 Å². The fourth-order valence-electron chi connectivity index (χ4n) is 1.81. The number of anilines is 1. The Bertz CT molecular complexity index is 491. The molecular weight excluding hydrogens is 262 g/mol. The number of non-ortho nitro benzene ring substituents is 1. The molecule has 1 aromatic carbocycles. The molecule has 0 aromatic heterocycles. The number of carbonyl (C=O) groups excluding carboxylic acids is 1. The highest BCUT2D eigenvalue weighted by atomic mass is 16.6. The first-order valence-corrected chi connectivity index (χ1v) is 6.35. The van der Waals surface area contributed by atoms with Crippen LogP contribution in [0.15, 0.2) is 18.2 Å². The molecule has 1 rings (SSSR count). The van der Waals surface area contributed by atoms with E-state index in [2.05, 4.69) is 5.32 Å². The van der Waals surface area contributed by atoms with E-state index in [1.807, 2.05) is 6.92 Å². The van der Waals surface area contributed by atoms with Crippen molar-refractivity contribution in [2.45, 2.75) is 32.2 Å². The molecule has 0 heterocycles. The maximum Gasteiger partial charge on any atom is 0.273 e. The van der Waals surface area contributed by atoms with Crippen LogP contribution in [0.3, 0.4) is 0 Å². The largest absolute Gasteiger partial charge is 0.494 e. The van der Waals surface area contributed by atoms with Gasteiger partial charge < -0.3 is 15.8 Å². The number of ether oxygens (including phenoxy) is 1. The molecule has 20 heavy (non-hydrogen) atoms. The molecule has 0 radical (unpaired) electrons. The van der Waals surface area contributed by atoms with Gasteiger partial charge in [-0.15, -0.1) is 0 Å². The summed E-state index contributed by atoms with van der Waals surface area (Å²) in [7, 11) is 1.39. The van der Waals surface area contributed by atoms with Crippen molar-refractivity contribution < 1.29 is 14.5 Å². The molecule has 0 bridgehead atoms. The second kappa shape index (κ2) is 7.44. The molecule has 0 spiro atoms. The Morgan fingerprint density at radius 1 is 1.55 bits per heavy atom. The molecule has 0 aliphatic rings. The summed E-state index contributed by atoms with van der Waals surface area (Å²) >= 11 is 0. The molecule has 7 heteroatoms. The van der Waals surface area contributed by atoms with Crippen LogP contribution < -0.4 is 15.8 Å². The minimum atomic E-state index is -0.523. The number of nitrogens with two attached hydrogens (primary N) is 1. The number of nitrogens with one attached hydrogen (secondary N) is 1. The molecule has 0 saturated carbocycles. The van der Waals surface area contributed by atoms with Crippen LogP contribution in [-0.4, -0.2) is 24.0 Å². The lowest BCUT2D eigenvalue weighted by Crippen LogP contribution is -2.27. The van der Waals surface area contributed by atoms with Crippen LogP contribution in [0.1, 0.15) is 26.2 Å². The van der Waals surface area contributed by atoms with E-state index in [4.69, 9.17) is 10.5 Å². The second-order valence-electron chi connectivity index (χ2n) is 4.44. The fraction of sp³-hybridized carbons (Fsp3) is 0.462. The molecule has 0 saturated heterocycles. The third-order valence-corrected chi connectivity index (χ3v) is 2.78. The number of benzene rings is 1. The van der Waals surface area contributed by atoms with Crippen molar-refractivity contribution in [1.82, 2.24) is 0 Å². The number of nitrogens with zero attached hydrogens (tertiary/aromatic N) is 1. The molecule has 0 fully saturated rings. The number of rotatable bonds is 7. The molecule has 110 valence electrons. The maximum atomic E-state index is 11.8. The van der Waals surface area contributed by atoms with Crippen molar-refractivity contribution in [2.75, 3.05) is 12.4 Å². The second-order valence-corrected chi connectivity index (χ2v) is 4.44. The highest BCUT2D eigenvalue weighted by Crippen LogP contribution is 2.29. The molecule has 0 aliphatic heterocycles. The van der Waals surface area contributed by atoms with Gasteiger partial charge in [0, 0.05) is 18.5 Å². The standard InChI is InChI=1S/C13H19N3O4/c1-3-4-9(14)7-13(17)15-11-6-5-10(16(18)19)8-12(11)20-2/h5-6,8-9H,3-4,7,14H2,1-2H3,(H,15,17). The Morgan fingerprint density at radius 2 is 2.25 bits per heavy atom. The zero-order valence-electron chi connectivity index (χ0n) is 11.6. The van der Waals surface area contributed by atoms with Gasteiger partial charge in [-0.05, 0) is 12.5 Å². The van der Waals surface area contributed by atoms with E-state index >= 15 is 0 Å². The van der Waals surface area contributed by atoms with Gasteiger partial charge in [-0.1, -0.05) is 13.3 Å². The SMILES string of the molecule is CCCC(N)CC(=O)Nc1ccc([N+](=O)[O-])cc1OC. The van der Waals surface area contributed by atoms with Crippen LogP contribution in [0, 0.1) is 10.1 Å². The van der Waals surface area contributed by atoms with Crippen molar-refractivity contribution in [3.05, 3.63) is 28.3 Å². The Morgan fingerprint density at radius 3 is 2.80 bits per heavy atom. The predicted octanol–water partition coefficient (Wildman–Crippen LogP) is 2.06. The number of amides is 1. The van der Waals surface area contributed by atoms with Gasteiger partial charge in [0.15, 0.2) is 0 Å².